The average Bonchev–Trinajstić information content (AvgIpc) is 2.68. The molecule has 0 aliphatic rings. The minimum absolute atomic E-state index is 0. The molecule has 6 N–H and O–H groups in total. The molecule has 0 amide bonds. The van der Waals surface area contributed by atoms with Gasteiger partial charge in [-0.1, -0.05) is 116 Å². The number of aliphatic carboxylic acids is 2. The minimum atomic E-state index is -1.34. The van der Waals surface area contributed by atoms with E-state index in [2.05, 4.69) is 12.2 Å². The zero-order valence-corrected chi connectivity index (χ0v) is 19.9. The van der Waals surface area contributed by atoms with E-state index in [1.807, 2.05) is 0 Å². The summed E-state index contributed by atoms with van der Waals surface area (Å²) in [5.74, 6) is -2.46. The van der Waals surface area contributed by atoms with Gasteiger partial charge in [0.05, 0.1) is 18.4 Å². The molecule has 0 aromatic rings. The lowest BCUT2D eigenvalue weighted by Crippen LogP contribution is -2.46. The second kappa shape index (κ2) is 24.1. The van der Waals surface area contributed by atoms with Gasteiger partial charge in [-0.3, -0.25) is 4.79 Å². The van der Waals surface area contributed by atoms with Crippen LogP contribution < -0.4 is 16.6 Å². The van der Waals surface area contributed by atoms with Crippen LogP contribution in [0.2, 0.25) is 0 Å². The first-order valence-corrected chi connectivity index (χ1v) is 12.2. The number of carbonyl (C=O) groups is 2. The summed E-state index contributed by atoms with van der Waals surface area (Å²) in [6.07, 6.45) is 23.3. The van der Waals surface area contributed by atoms with E-state index in [0.717, 1.165) is 19.3 Å². The fourth-order valence-corrected chi connectivity index (χ4v) is 3.72. The van der Waals surface area contributed by atoms with Crippen molar-refractivity contribution in [1.82, 2.24) is 11.5 Å². The normalized spacial score (nSPS) is 11.8. The van der Waals surface area contributed by atoms with Crippen molar-refractivity contribution >= 4 is 11.9 Å². The number of carbonyl (C=O) groups excluding carboxylic acids is 1. The minimum Gasteiger partial charge on any atom is -0.548 e. The Kier molecular flexibility index (Phi) is 25.0. The summed E-state index contributed by atoms with van der Waals surface area (Å²) in [5.41, 5.74) is 0. The van der Waals surface area contributed by atoms with E-state index in [1.54, 1.807) is 0 Å². The molecular formula is C24H50N2O4. The molecule has 0 spiro atoms. The third-order valence-corrected chi connectivity index (χ3v) is 5.58. The quantitative estimate of drug-likeness (QED) is 0.182. The van der Waals surface area contributed by atoms with Crippen LogP contribution in [-0.2, 0) is 9.59 Å². The van der Waals surface area contributed by atoms with Gasteiger partial charge in [0.15, 0.2) is 0 Å². The molecule has 180 valence electrons. The maximum atomic E-state index is 10.8. The van der Waals surface area contributed by atoms with E-state index in [-0.39, 0.29) is 6.15 Å². The molecule has 0 heterocycles. The molecule has 6 nitrogen and oxygen atoms in total. The van der Waals surface area contributed by atoms with Gasteiger partial charge in [-0.05, 0) is 13.0 Å². The van der Waals surface area contributed by atoms with Crippen molar-refractivity contribution in [3.8, 4) is 0 Å². The van der Waals surface area contributed by atoms with Crippen LogP contribution >= 0.6 is 0 Å². The first-order valence-electron chi connectivity index (χ1n) is 12.2. The smallest absolute Gasteiger partial charge is 0.305 e. The summed E-state index contributed by atoms with van der Waals surface area (Å²) in [4.78, 5) is 21.4. The first-order chi connectivity index (χ1) is 14.1. The van der Waals surface area contributed by atoms with E-state index in [9.17, 15) is 14.7 Å². The van der Waals surface area contributed by atoms with Crippen LogP contribution in [0.4, 0.5) is 0 Å². The molecule has 0 unspecified atom stereocenters. The molecule has 0 aliphatic heterocycles. The fourth-order valence-electron chi connectivity index (χ4n) is 3.72. The van der Waals surface area contributed by atoms with E-state index >= 15 is 0 Å². The Morgan fingerprint density at radius 1 is 0.700 bits per heavy atom. The Morgan fingerprint density at radius 2 is 1.03 bits per heavy atom. The molecule has 0 aromatic heterocycles. The highest BCUT2D eigenvalue weighted by Gasteiger charge is 2.12. The summed E-state index contributed by atoms with van der Waals surface area (Å²) in [7, 11) is 0. The average molecular weight is 431 g/mol. The van der Waals surface area contributed by atoms with Crippen molar-refractivity contribution in [2.24, 2.45) is 0 Å². The van der Waals surface area contributed by atoms with Crippen LogP contribution in [0, 0.1) is 0 Å². The Balaban J connectivity index is 0. The molecule has 0 rings (SSSR count). The summed E-state index contributed by atoms with van der Waals surface area (Å²) >= 11 is 0. The molecule has 0 bridgehead atoms. The highest BCUT2D eigenvalue weighted by molar-refractivity contribution is 5.79. The number of nitrogens with one attached hydrogen (secondary N) is 1. The van der Waals surface area contributed by atoms with Gasteiger partial charge in [0.2, 0.25) is 0 Å². The second-order valence-electron chi connectivity index (χ2n) is 8.43. The van der Waals surface area contributed by atoms with Crippen molar-refractivity contribution < 1.29 is 19.8 Å². The highest BCUT2D eigenvalue weighted by Crippen LogP contribution is 2.14. The molecule has 0 saturated carbocycles. The van der Waals surface area contributed by atoms with Crippen LogP contribution in [0.15, 0.2) is 0 Å². The SMILES string of the molecule is CCCCCCCCCCCCCCCCCCCCN[C@@H](CC(=O)O)C(=O)[O-].[NH4+]. The molecule has 30 heavy (non-hydrogen) atoms. The molecule has 0 aromatic carbocycles. The van der Waals surface area contributed by atoms with Gasteiger partial charge >= 0.3 is 5.97 Å². The van der Waals surface area contributed by atoms with Gasteiger partial charge in [0.25, 0.3) is 0 Å². The molecule has 0 fully saturated rings. The van der Waals surface area contributed by atoms with Crippen LogP contribution in [0.25, 0.3) is 0 Å². The summed E-state index contributed by atoms with van der Waals surface area (Å²) < 4.78 is 0. The molecule has 0 aliphatic carbocycles. The summed E-state index contributed by atoms with van der Waals surface area (Å²) in [6.45, 7) is 2.80. The van der Waals surface area contributed by atoms with Crippen LogP contribution in [-0.4, -0.2) is 29.6 Å². The van der Waals surface area contributed by atoms with Crippen molar-refractivity contribution in [2.45, 2.75) is 135 Å². The number of hydrogen-bond donors (Lipinski definition) is 3. The maximum Gasteiger partial charge on any atom is 0.305 e. The van der Waals surface area contributed by atoms with E-state index in [1.165, 1.54) is 96.3 Å². The van der Waals surface area contributed by atoms with E-state index < -0.39 is 24.4 Å². The molecule has 1 atom stereocenters. The lowest BCUT2D eigenvalue weighted by atomic mass is 10.0. The summed E-state index contributed by atoms with van der Waals surface area (Å²) in [6, 6.07) is -1.08. The van der Waals surface area contributed by atoms with Crippen molar-refractivity contribution in [3.05, 3.63) is 0 Å². The van der Waals surface area contributed by atoms with Crippen molar-refractivity contribution in [3.63, 3.8) is 0 Å². The predicted octanol–water partition coefficient (Wildman–Crippen LogP) is 5.59. The Labute approximate surface area is 185 Å². The summed E-state index contributed by atoms with van der Waals surface area (Å²) in [5, 5.41) is 22.2. The molecule has 6 heteroatoms. The van der Waals surface area contributed by atoms with Gasteiger partial charge in [0.1, 0.15) is 0 Å². The third-order valence-electron chi connectivity index (χ3n) is 5.58. The van der Waals surface area contributed by atoms with Crippen molar-refractivity contribution in [1.29, 1.82) is 0 Å². The van der Waals surface area contributed by atoms with Crippen LogP contribution in [0.5, 0.6) is 0 Å². The van der Waals surface area contributed by atoms with Gasteiger partial charge in [-0.15, -0.1) is 0 Å². The second-order valence-corrected chi connectivity index (χ2v) is 8.43. The van der Waals surface area contributed by atoms with E-state index in [4.69, 9.17) is 5.11 Å². The molecule has 0 saturated heterocycles. The third kappa shape index (κ3) is 23.1. The zero-order valence-electron chi connectivity index (χ0n) is 19.9. The van der Waals surface area contributed by atoms with E-state index in [0.29, 0.717) is 6.54 Å². The number of rotatable bonds is 23. The number of unbranched alkanes of at least 4 members (excludes halogenated alkanes) is 17. The zero-order chi connectivity index (χ0) is 21.6. The predicted molar refractivity (Wildman–Crippen MR) is 124 cm³/mol. The Morgan fingerprint density at radius 3 is 1.33 bits per heavy atom. The Bertz CT molecular complexity index is 391. The largest absolute Gasteiger partial charge is 0.548 e. The maximum absolute atomic E-state index is 10.8. The van der Waals surface area contributed by atoms with Crippen molar-refractivity contribution in [2.75, 3.05) is 6.54 Å². The topological polar surface area (TPSA) is 126 Å². The van der Waals surface area contributed by atoms with Crippen LogP contribution in [0.1, 0.15) is 129 Å². The molecule has 0 radical (unpaired) electrons. The molecular weight excluding hydrogens is 380 g/mol. The standard InChI is InChI=1S/C24H47NO4.H3N/c1-2-3-4-5-6-7-8-9-10-11-12-13-14-15-16-17-18-19-20-25-22(24(28)29)21-23(26)27;/h22,25H,2-21H2,1H3,(H,26,27)(H,28,29);1H3/t22-;/m0./s1. The number of quaternary nitrogens is 1. The number of hydrogen-bond acceptors (Lipinski definition) is 4. The lowest BCUT2D eigenvalue weighted by molar-refractivity contribution is -0.308. The number of carboxylic acids is 2. The van der Waals surface area contributed by atoms with Gasteiger partial charge < -0.3 is 26.5 Å². The monoisotopic (exact) mass is 430 g/mol. The Hall–Kier alpha value is -1.14. The van der Waals surface area contributed by atoms with Crippen LogP contribution in [0.3, 0.4) is 0 Å². The van der Waals surface area contributed by atoms with Gasteiger partial charge in [-0.25, -0.2) is 0 Å². The lowest BCUT2D eigenvalue weighted by Gasteiger charge is -2.17. The van der Waals surface area contributed by atoms with Gasteiger partial charge in [0, 0.05) is 0 Å². The first kappa shape index (κ1) is 31.0. The highest BCUT2D eigenvalue weighted by atomic mass is 16.4. The fraction of sp³-hybridized carbons (Fsp3) is 0.917. The van der Waals surface area contributed by atoms with Gasteiger partial charge in [-0.2, -0.15) is 0 Å². The number of carboxylic acid groups (broad SMARTS) is 2.